The quantitative estimate of drug-likeness (QED) is 0.356. The first-order chi connectivity index (χ1) is 15.3. The summed E-state index contributed by atoms with van der Waals surface area (Å²) in [4.78, 5) is 60.8. The van der Waals surface area contributed by atoms with Crippen molar-refractivity contribution in [2.24, 2.45) is 17.6 Å². The van der Waals surface area contributed by atoms with E-state index in [1.165, 1.54) is 0 Å². The van der Waals surface area contributed by atoms with Gasteiger partial charge in [0.2, 0.25) is 17.6 Å². The highest BCUT2D eigenvalue weighted by Gasteiger charge is 2.36. The van der Waals surface area contributed by atoms with Crippen molar-refractivity contribution in [1.29, 1.82) is 0 Å². The van der Waals surface area contributed by atoms with Gasteiger partial charge < -0.3 is 26.4 Å². The summed E-state index contributed by atoms with van der Waals surface area (Å²) in [6.45, 7) is 0.512. The summed E-state index contributed by atoms with van der Waals surface area (Å²) in [5.74, 6) is -3.25. The van der Waals surface area contributed by atoms with Crippen LogP contribution in [-0.4, -0.2) is 48.2 Å². The molecule has 4 amide bonds. The number of rotatable bonds is 11. The molecule has 1 aromatic carbocycles. The monoisotopic (exact) mass is 444 g/mol. The van der Waals surface area contributed by atoms with Gasteiger partial charge in [-0.1, -0.05) is 43.2 Å². The number of nitrogens with one attached hydrogen (secondary N) is 3. The van der Waals surface area contributed by atoms with Crippen LogP contribution in [0, 0.1) is 11.8 Å². The van der Waals surface area contributed by atoms with Crippen LogP contribution < -0.4 is 21.7 Å². The number of Topliss-reactive ketones (excluding diaryl/α,β-unsaturated/α-hetero) is 1. The first-order valence-electron chi connectivity index (χ1n) is 10.7. The minimum atomic E-state index is -1.24. The second-order valence-corrected chi connectivity index (χ2v) is 8.24. The predicted octanol–water partition coefficient (Wildman–Crippen LogP) is 0.147. The maximum atomic E-state index is 12.9. The number of carbonyl (C=O) groups is 5. The van der Waals surface area contributed by atoms with Crippen molar-refractivity contribution >= 4 is 29.6 Å². The van der Waals surface area contributed by atoms with Crippen LogP contribution in [0.5, 0.6) is 0 Å². The molecule has 0 bridgehead atoms. The molecule has 5 N–H and O–H groups in total. The van der Waals surface area contributed by atoms with E-state index in [4.69, 9.17) is 10.5 Å². The van der Waals surface area contributed by atoms with Gasteiger partial charge in [0.1, 0.15) is 12.6 Å². The van der Waals surface area contributed by atoms with Crippen molar-refractivity contribution in [3.63, 3.8) is 0 Å². The summed E-state index contributed by atoms with van der Waals surface area (Å²) in [5.41, 5.74) is 5.93. The molecule has 172 valence electrons. The van der Waals surface area contributed by atoms with Gasteiger partial charge in [-0.05, 0) is 30.7 Å². The Morgan fingerprint density at radius 2 is 1.75 bits per heavy atom. The summed E-state index contributed by atoms with van der Waals surface area (Å²) in [6, 6.07) is 6.92. The fourth-order valence-corrected chi connectivity index (χ4v) is 3.66. The van der Waals surface area contributed by atoms with Crippen LogP contribution in [0.3, 0.4) is 0 Å². The molecule has 3 atom stereocenters. The standard InChI is InChI=1S/C22H28N4O6/c23-19(28)18(27)16(11-15-8-9-24-20(15)29)25-21(30)17(10-13-6-7-13)26-22(31)32-12-14-4-2-1-3-5-14/h1-5,13,15-17H,6-12H2,(H2,23,28)(H,24,29)(H,25,30)(H,26,31)/t15-,16?,17-/m0/s1. The van der Waals surface area contributed by atoms with Gasteiger partial charge in [-0.2, -0.15) is 0 Å². The lowest BCUT2D eigenvalue weighted by atomic mass is 9.95. The molecule has 0 aromatic heterocycles. The summed E-state index contributed by atoms with van der Waals surface area (Å²) in [6.07, 6.45) is 1.96. The highest BCUT2D eigenvalue weighted by molar-refractivity contribution is 6.37. The number of hydrogen-bond donors (Lipinski definition) is 4. The summed E-state index contributed by atoms with van der Waals surface area (Å²) >= 11 is 0. The van der Waals surface area contributed by atoms with E-state index in [0.29, 0.717) is 19.4 Å². The summed E-state index contributed by atoms with van der Waals surface area (Å²) in [7, 11) is 0. The van der Waals surface area contributed by atoms with Crippen LogP contribution in [0.2, 0.25) is 0 Å². The molecule has 10 heteroatoms. The Morgan fingerprint density at radius 1 is 1.03 bits per heavy atom. The molecule has 1 saturated carbocycles. The third-order valence-electron chi connectivity index (χ3n) is 5.65. The zero-order chi connectivity index (χ0) is 23.1. The minimum absolute atomic E-state index is 0.0338. The van der Waals surface area contributed by atoms with Crippen LogP contribution in [0.1, 0.15) is 37.7 Å². The number of ketones is 1. The maximum Gasteiger partial charge on any atom is 0.408 e. The summed E-state index contributed by atoms with van der Waals surface area (Å²) in [5, 5.41) is 7.73. The van der Waals surface area contributed by atoms with Crippen molar-refractivity contribution in [3.8, 4) is 0 Å². The molecule has 3 rings (SSSR count). The molecule has 0 spiro atoms. The van der Waals surface area contributed by atoms with Gasteiger partial charge in [0.25, 0.3) is 5.91 Å². The Balaban J connectivity index is 1.61. The van der Waals surface area contributed by atoms with Gasteiger partial charge in [0.15, 0.2) is 0 Å². The molecule has 1 aromatic rings. The molecule has 32 heavy (non-hydrogen) atoms. The normalized spacial score (nSPS) is 19.4. The zero-order valence-corrected chi connectivity index (χ0v) is 17.7. The molecule has 1 aliphatic carbocycles. The van der Waals surface area contributed by atoms with Gasteiger partial charge in [-0.15, -0.1) is 0 Å². The molecule has 1 unspecified atom stereocenters. The number of carbonyl (C=O) groups excluding carboxylic acids is 5. The van der Waals surface area contributed by atoms with E-state index in [-0.39, 0.29) is 24.9 Å². The Morgan fingerprint density at radius 3 is 2.34 bits per heavy atom. The third-order valence-corrected chi connectivity index (χ3v) is 5.65. The highest BCUT2D eigenvalue weighted by Crippen LogP contribution is 2.33. The average Bonchev–Trinajstić information content (AvgIpc) is 3.51. The Kier molecular flexibility index (Phi) is 7.80. The van der Waals surface area contributed by atoms with E-state index in [2.05, 4.69) is 16.0 Å². The van der Waals surface area contributed by atoms with Crippen LogP contribution in [0.15, 0.2) is 30.3 Å². The fraction of sp³-hybridized carbons (Fsp3) is 0.500. The smallest absolute Gasteiger partial charge is 0.408 e. The third kappa shape index (κ3) is 6.79. The molecule has 2 aliphatic rings. The highest BCUT2D eigenvalue weighted by atomic mass is 16.5. The lowest BCUT2D eigenvalue weighted by Gasteiger charge is -2.23. The van der Waals surface area contributed by atoms with E-state index in [1.807, 2.05) is 18.2 Å². The topological polar surface area (TPSA) is 157 Å². The first-order valence-corrected chi connectivity index (χ1v) is 10.7. The van der Waals surface area contributed by atoms with Crippen molar-refractivity contribution in [3.05, 3.63) is 35.9 Å². The molecule has 1 heterocycles. The van der Waals surface area contributed by atoms with Crippen LogP contribution in [-0.2, 0) is 30.5 Å². The molecule has 0 radical (unpaired) electrons. The average molecular weight is 444 g/mol. The molecular weight excluding hydrogens is 416 g/mol. The van der Waals surface area contributed by atoms with E-state index >= 15 is 0 Å². The molecule has 1 aliphatic heterocycles. The molecule has 2 fully saturated rings. The van der Waals surface area contributed by atoms with E-state index in [9.17, 15) is 24.0 Å². The van der Waals surface area contributed by atoms with Gasteiger partial charge in [-0.3, -0.25) is 19.2 Å². The van der Waals surface area contributed by atoms with Crippen molar-refractivity contribution in [2.45, 2.75) is 50.8 Å². The van der Waals surface area contributed by atoms with Crippen LogP contribution in [0.25, 0.3) is 0 Å². The van der Waals surface area contributed by atoms with Crippen molar-refractivity contribution in [1.82, 2.24) is 16.0 Å². The maximum absolute atomic E-state index is 12.9. The minimum Gasteiger partial charge on any atom is -0.445 e. The number of hydrogen-bond acceptors (Lipinski definition) is 6. The molecule has 10 nitrogen and oxygen atoms in total. The van der Waals surface area contributed by atoms with Crippen LogP contribution in [0.4, 0.5) is 4.79 Å². The largest absolute Gasteiger partial charge is 0.445 e. The second-order valence-electron chi connectivity index (χ2n) is 8.24. The lowest BCUT2D eigenvalue weighted by Crippen LogP contribution is -2.54. The SMILES string of the molecule is NC(=O)C(=O)C(C[C@@H]1CCNC1=O)NC(=O)[C@H](CC1CC1)NC(=O)OCc1ccccc1. The van der Waals surface area contributed by atoms with Crippen molar-refractivity contribution in [2.75, 3.05) is 6.54 Å². The van der Waals surface area contributed by atoms with E-state index in [1.54, 1.807) is 12.1 Å². The van der Waals surface area contributed by atoms with Crippen LogP contribution >= 0.6 is 0 Å². The number of benzene rings is 1. The second kappa shape index (κ2) is 10.7. The number of primary amides is 1. The van der Waals surface area contributed by atoms with Crippen molar-refractivity contribution < 1.29 is 28.7 Å². The summed E-state index contributed by atoms with van der Waals surface area (Å²) < 4.78 is 5.20. The molecule has 1 saturated heterocycles. The predicted molar refractivity (Wildman–Crippen MR) is 113 cm³/mol. The van der Waals surface area contributed by atoms with E-state index in [0.717, 1.165) is 18.4 Å². The number of nitrogens with two attached hydrogens (primary N) is 1. The van der Waals surface area contributed by atoms with E-state index < -0.39 is 41.7 Å². The Hall–Kier alpha value is -3.43. The first kappa shape index (κ1) is 23.2. The van der Waals surface area contributed by atoms with Gasteiger partial charge in [0.05, 0.1) is 6.04 Å². The number of ether oxygens (including phenoxy) is 1. The fourth-order valence-electron chi connectivity index (χ4n) is 3.66. The van der Waals surface area contributed by atoms with Gasteiger partial charge >= 0.3 is 6.09 Å². The lowest BCUT2D eigenvalue weighted by molar-refractivity contribution is -0.139. The Labute approximate surface area is 185 Å². The molecular formula is C22H28N4O6. The zero-order valence-electron chi connectivity index (χ0n) is 17.7. The number of amides is 4. The number of alkyl carbamates (subject to hydrolysis) is 1. The van der Waals surface area contributed by atoms with Gasteiger partial charge in [-0.25, -0.2) is 4.79 Å². The Bertz CT molecular complexity index is 870. The van der Waals surface area contributed by atoms with Gasteiger partial charge in [0, 0.05) is 12.5 Å².